The van der Waals surface area contributed by atoms with E-state index in [0.29, 0.717) is 26.4 Å². The van der Waals surface area contributed by atoms with Crippen LogP contribution < -0.4 is 20.7 Å². The van der Waals surface area contributed by atoms with Gasteiger partial charge < -0.3 is 19.3 Å². The minimum Gasteiger partial charge on any atom is -0.378 e. The van der Waals surface area contributed by atoms with Crippen LogP contribution in [0.15, 0.2) is 70.9 Å². The van der Waals surface area contributed by atoms with Gasteiger partial charge in [0.25, 0.3) is 0 Å². The molecular formula is C30H30N8O4S2. The van der Waals surface area contributed by atoms with Crippen LogP contribution in [-0.4, -0.2) is 86.8 Å². The molecule has 14 heteroatoms. The lowest BCUT2D eigenvalue weighted by Crippen LogP contribution is -2.36. The maximum absolute atomic E-state index is 12.5. The number of anilines is 2. The van der Waals surface area contributed by atoms with Crippen LogP contribution in [0.3, 0.4) is 0 Å². The minimum absolute atomic E-state index is 0.642. The van der Waals surface area contributed by atoms with Gasteiger partial charge in [-0.15, -0.1) is 0 Å². The van der Waals surface area contributed by atoms with E-state index in [9.17, 15) is 9.59 Å². The van der Waals surface area contributed by atoms with Crippen molar-refractivity contribution in [2.24, 2.45) is 10.2 Å². The normalized spacial score (nSPS) is 15.6. The predicted molar refractivity (Wildman–Crippen MR) is 173 cm³/mol. The van der Waals surface area contributed by atoms with Crippen molar-refractivity contribution in [2.75, 3.05) is 62.4 Å². The largest absolute Gasteiger partial charge is 0.378 e. The van der Waals surface area contributed by atoms with E-state index in [1.165, 1.54) is 35.1 Å². The van der Waals surface area contributed by atoms with Gasteiger partial charge in [0.1, 0.15) is 0 Å². The predicted octanol–water partition coefficient (Wildman–Crippen LogP) is 3.21. The molecule has 44 heavy (non-hydrogen) atoms. The van der Waals surface area contributed by atoms with Gasteiger partial charge in [0.15, 0.2) is 10.3 Å². The summed E-state index contributed by atoms with van der Waals surface area (Å²) >= 11 is 2.93. The van der Waals surface area contributed by atoms with Gasteiger partial charge in [-0.05, 0) is 0 Å². The molecule has 2 aromatic carbocycles. The first kappa shape index (κ1) is 29.6. The Kier molecular flexibility index (Phi) is 9.62. The third-order valence-electron chi connectivity index (χ3n) is 6.84. The lowest BCUT2D eigenvalue weighted by atomic mass is 10.1. The van der Waals surface area contributed by atoms with Gasteiger partial charge in [0.05, 0.1) is 60.0 Å². The van der Waals surface area contributed by atoms with E-state index in [1.807, 2.05) is 60.7 Å². The summed E-state index contributed by atoms with van der Waals surface area (Å²) in [6.45, 7) is 5.56. The SMILES string of the molecule is O=C(NN=Cc1sc(N2CCOCC2)nc1-c1ccccc1)C(=O)NN=Cc1sc(N2CCOCC2)nc1-c1ccccc1. The fourth-order valence-corrected chi connectivity index (χ4v) is 6.62. The van der Waals surface area contributed by atoms with Gasteiger partial charge in [-0.3, -0.25) is 9.59 Å². The lowest BCUT2D eigenvalue weighted by molar-refractivity contribution is -0.139. The van der Waals surface area contributed by atoms with Crippen molar-refractivity contribution in [2.45, 2.75) is 0 Å². The van der Waals surface area contributed by atoms with Crippen LogP contribution in [0, 0.1) is 0 Å². The zero-order valence-corrected chi connectivity index (χ0v) is 25.4. The summed E-state index contributed by atoms with van der Waals surface area (Å²) in [7, 11) is 0. The van der Waals surface area contributed by atoms with E-state index in [2.05, 4.69) is 30.9 Å². The Labute approximate surface area is 262 Å². The Balaban J connectivity index is 1.12. The maximum atomic E-state index is 12.5. The Morgan fingerprint density at radius 2 is 1.05 bits per heavy atom. The summed E-state index contributed by atoms with van der Waals surface area (Å²) in [5.74, 6) is -1.89. The Morgan fingerprint density at radius 3 is 1.43 bits per heavy atom. The van der Waals surface area contributed by atoms with E-state index in [1.54, 1.807) is 0 Å². The smallest absolute Gasteiger partial charge is 0.331 e. The number of rotatable bonds is 8. The molecule has 2 N–H and O–H groups in total. The standard InChI is InChI=1S/C30H30N8O4S2/c39-27(35-31-19-23-25(21-7-3-1-4-8-21)33-29(43-23)37-11-15-41-16-12-37)28(40)36-32-20-24-26(22-9-5-2-6-10-22)34-30(44-24)38-13-17-42-18-14-38/h1-10,19-20H,11-18H2,(H,35,39)(H,36,40). The molecule has 6 rings (SSSR count). The number of carbonyl (C=O) groups excluding carboxylic acids is 2. The van der Waals surface area contributed by atoms with Crippen LogP contribution in [-0.2, 0) is 19.1 Å². The highest BCUT2D eigenvalue weighted by Crippen LogP contribution is 2.33. The topological polar surface area (TPSA) is 134 Å². The van der Waals surface area contributed by atoms with Gasteiger partial charge in [-0.2, -0.15) is 10.2 Å². The molecule has 2 aromatic heterocycles. The summed E-state index contributed by atoms with van der Waals surface area (Å²) < 4.78 is 10.9. The molecular weight excluding hydrogens is 601 g/mol. The first-order chi connectivity index (χ1) is 21.7. The number of hydrogen-bond donors (Lipinski definition) is 2. The maximum Gasteiger partial charge on any atom is 0.331 e. The van der Waals surface area contributed by atoms with Crippen molar-refractivity contribution in [1.82, 2.24) is 20.8 Å². The lowest BCUT2D eigenvalue weighted by Gasteiger charge is -2.26. The molecule has 12 nitrogen and oxygen atoms in total. The Hall–Kier alpha value is -4.50. The minimum atomic E-state index is -0.945. The number of benzene rings is 2. The molecule has 0 unspecified atom stereocenters. The second-order valence-electron chi connectivity index (χ2n) is 9.75. The first-order valence-corrected chi connectivity index (χ1v) is 15.7. The number of amides is 2. The van der Waals surface area contributed by atoms with Crippen molar-refractivity contribution in [3.63, 3.8) is 0 Å². The van der Waals surface area contributed by atoms with Gasteiger partial charge in [-0.1, -0.05) is 83.3 Å². The van der Waals surface area contributed by atoms with Gasteiger partial charge in [0, 0.05) is 37.3 Å². The molecule has 0 bridgehead atoms. The summed E-state index contributed by atoms with van der Waals surface area (Å²) in [6.07, 6.45) is 3.02. The zero-order valence-electron chi connectivity index (χ0n) is 23.7. The second kappa shape index (κ2) is 14.3. The number of morpholine rings is 2. The highest BCUT2D eigenvalue weighted by atomic mass is 32.1. The number of hydrogen-bond acceptors (Lipinski definition) is 12. The average Bonchev–Trinajstić information content (AvgIpc) is 3.71. The van der Waals surface area contributed by atoms with E-state index >= 15 is 0 Å². The zero-order chi connectivity index (χ0) is 30.1. The Bertz CT molecular complexity index is 1510. The van der Waals surface area contributed by atoms with Crippen LogP contribution >= 0.6 is 22.7 Å². The van der Waals surface area contributed by atoms with E-state index < -0.39 is 11.8 Å². The molecule has 0 saturated carbocycles. The number of aromatic nitrogens is 2. The van der Waals surface area contributed by atoms with Crippen LogP contribution in [0.25, 0.3) is 22.5 Å². The number of hydrazone groups is 2. The van der Waals surface area contributed by atoms with Crippen molar-refractivity contribution >= 4 is 57.2 Å². The molecule has 4 heterocycles. The van der Waals surface area contributed by atoms with Crippen molar-refractivity contribution < 1.29 is 19.1 Å². The summed E-state index contributed by atoms with van der Waals surface area (Å²) in [5.41, 5.74) is 7.94. The van der Waals surface area contributed by atoms with E-state index in [0.717, 1.165) is 68.7 Å². The molecule has 2 amide bonds. The van der Waals surface area contributed by atoms with E-state index in [4.69, 9.17) is 19.4 Å². The van der Waals surface area contributed by atoms with Crippen molar-refractivity contribution in [3.05, 3.63) is 70.4 Å². The van der Waals surface area contributed by atoms with Crippen LogP contribution in [0.5, 0.6) is 0 Å². The van der Waals surface area contributed by atoms with E-state index in [-0.39, 0.29) is 0 Å². The molecule has 2 aliphatic rings. The number of ether oxygens (including phenoxy) is 2. The molecule has 2 aliphatic heterocycles. The molecule has 0 aliphatic carbocycles. The number of thiazole rings is 2. The summed E-state index contributed by atoms with van der Waals surface area (Å²) in [4.78, 5) is 40.5. The van der Waals surface area contributed by atoms with Gasteiger partial charge in [0.2, 0.25) is 0 Å². The fourth-order valence-electron chi connectivity index (χ4n) is 4.60. The number of carbonyl (C=O) groups is 2. The fraction of sp³-hybridized carbons (Fsp3) is 0.267. The monoisotopic (exact) mass is 630 g/mol. The second-order valence-corrected chi connectivity index (χ2v) is 11.8. The highest BCUT2D eigenvalue weighted by molar-refractivity contribution is 7.18. The third-order valence-corrected chi connectivity index (χ3v) is 8.95. The summed E-state index contributed by atoms with van der Waals surface area (Å²) in [6, 6.07) is 19.5. The van der Waals surface area contributed by atoms with Gasteiger partial charge in [-0.25, -0.2) is 20.8 Å². The molecule has 0 radical (unpaired) electrons. The molecule has 4 aromatic rings. The number of nitrogens with zero attached hydrogens (tertiary/aromatic N) is 6. The van der Waals surface area contributed by atoms with Crippen molar-refractivity contribution in [1.29, 1.82) is 0 Å². The molecule has 0 atom stereocenters. The van der Waals surface area contributed by atoms with Crippen molar-refractivity contribution in [3.8, 4) is 22.5 Å². The third kappa shape index (κ3) is 7.17. The molecule has 0 spiro atoms. The Morgan fingerprint density at radius 1 is 0.659 bits per heavy atom. The van der Waals surface area contributed by atoms with Crippen LogP contribution in [0.1, 0.15) is 9.75 Å². The molecule has 2 fully saturated rings. The van der Waals surface area contributed by atoms with Gasteiger partial charge >= 0.3 is 11.8 Å². The highest BCUT2D eigenvalue weighted by Gasteiger charge is 2.21. The van der Waals surface area contributed by atoms with Crippen LogP contribution in [0.4, 0.5) is 10.3 Å². The average molecular weight is 631 g/mol. The van der Waals surface area contributed by atoms with Crippen LogP contribution in [0.2, 0.25) is 0 Å². The molecule has 226 valence electrons. The first-order valence-electron chi connectivity index (χ1n) is 14.1. The molecule has 2 saturated heterocycles. The number of nitrogens with one attached hydrogen (secondary N) is 2. The quantitative estimate of drug-likeness (QED) is 0.172. The summed E-state index contributed by atoms with van der Waals surface area (Å²) in [5, 5.41) is 9.79.